The van der Waals surface area contributed by atoms with Gasteiger partial charge in [-0.15, -0.1) is 0 Å². The van der Waals surface area contributed by atoms with E-state index in [1.165, 1.54) is 58.4 Å². The van der Waals surface area contributed by atoms with Crippen molar-refractivity contribution in [1.82, 2.24) is 24.0 Å². The monoisotopic (exact) mass is 591 g/mol. The largest absolute Gasteiger partial charge is 0.416 e. The molecule has 0 aliphatic rings. The zero-order valence-corrected chi connectivity index (χ0v) is 23.0. The van der Waals surface area contributed by atoms with Gasteiger partial charge in [0.15, 0.2) is 0 Å². The summed E-state index contributed by atoms with van der Waals surface area (Å²) < 4.78 is 55.9. The first kappa shape index (κ1) is 29.4. The van der Waals surface area contributed by atoms with E-state index >= 15 is 0 Å². The minimum atomic E-state index is -4.54. The van der Waals surface area contributed by atoms with Crippen LogP contribution in [0.4, 0.5) is 17.6 Å². The second-order valence-corrected chi connectivity index (χ2v) is 10.0. The van der Waals surface area contributed by atoms with Crippen LogP contribution in [0.2, 0.25) is 0 Å². The fourth-order valence-electron chi connectivity index (χ4n) is 4.73. The maximum Gasteiger partial charge on any atom is 0.416 e. The molecule has 5 rings (SSSR count). The molecule has 8 nitrogen and oxygen atoms in total. The highest BCUT2D eigenvalue weighted by atomic mass is 19.4. The molecule has 2 aromatic heterocycles. The van der Waals surface area contributed by atoms with Crippen molar-refractivity contribution >= 4 is 22.6 Å². The number of alkyl halides is 3. The Morgan fingerprint density at radius 3 is 2.28 bits per heavy atom. The van der Waals surface area contributed by atoms with Crippen molar-refractivity contribution in [2.24, 2.45) is 7.05 Å². The van der Waals surface area contributed by atoms with E-state index in [4.69, 9.17) is 0 Å². The first-order valence-electron chi connectivity index (χ1n) is 13.2. The molecule has 0 aliphatic heterocycles. The van der Waals surface area contributed by atoms with E-state index in [9.17, 15) is 31.9 Å². The lowest BCUT2D eigenvalue weighted by atomic mass is 10.1. The maximum absolute atomic E-state index is 13.8. The van der Waals surface area contributed by atoms with Gasteiger partial charge in [-0.1, -0.05) is 24.3 Å². The molecule has 0 radical (unpaired) electrons. The number of amides is 1. The molecule has 0 bridgehead atoms. The highest BCUT2D eigenvalue weighted by Gasteiger charge is 2.31. The number of nitrogens with zero attached hydrogens (tertiary/aromatic N) is 5. The van der Waals surface area contributed by atoms with Gasteiger partial charge in [0.2, 0.25) is 11.7 Å². The van der Waals surface area contributed by atoms with Crippen molar-refractivity contribution in [2.45, 2.75) is 25.6 Å². The number of hydrogen-bond acceptors (Lipinski definition) is 5. The van der Waals surface area contributed by atoms with E-state index in [1.807, 2.05) is 0 Å². The van der Waals surface area contributed by atoms with Crippen LogP contribution >= 0.6 is 0 Å². The van der Waals surface area contributed by atoms with Crippen LogP contribution < -0.4 is 5.56 Å². The minimum absolute atomic E-state index is 0.101. The lowest BCUT2D eigenvalue weighted by Crippen LogP contribution is -2.41. The fraction of sp³-hybridized carbons (Fsp3) is 0.194. The molecular weight excluding hydrogens is 566 g/mol. The summed E-state index contributed by atoms with van der Waals surface area (Å²) >= 11 is 0. The van der Waals surface area contributed by atoms with E-state index in [0.717, 1.165) is 12.1 Å². The molecule has 0 aliphatic carbocycles. The molecule has 0 N–H and O–H groups in total. The number of carbonyl (C=O) groups is 2. The molecule has 0 spiro atoms. The molecule has 43 heavy (non-hydrogen) atoms. The first-order chi connectivity index (χ1) is 20.4. The summed E-state index contributed by atoms with van der Waals surface area (Å²) in [6.45, 7) is 1.14. The molecule has 0 unspecified atom stereocenters. The van der Waals surface area contributed by atoms with Crippen molar-refractivity contribution in [2.75, 3.05) is 6.54 Å². The van der Waals surface area contributed by atoms with Gasteiger partial charge in [0.05, 0.1) is 47.5 Å². The number of aryl methyl sites for hydroxylation is 1. The Kier molecular flexibility index (Phi) is 7.94. The molecule has 220 valence electrons. The smallest absolute Gasteiger partial charge is 0.340 e. The molecular formula is C31H25F4N5O3. The van der Waals surface area contributed by atoms with E-state index in [1.54, 1.807) is 42.8 Å². The minimum Gasteiger partial charge on any atom is -0.340 e. The molecule has 1 atom stereocenters. The van der Waals surface area contributed by atoms with Crippen LogP contribution in [0.5, 0.6) is 0 Å². The standard InChI is InChI=1S/C31H25F4N5O3/c1-19(29-37-25-6-4-3-5-24(25)30(43)40(29)23-13-11-22(32)12-14-23)39(17-27(41)26-16-38(2)18-36-26)28(42)15-20-7-9-21(10-8-20)31(33,34)35/h3-14,16,18-19H,15,17H2,1-2H3/t19-/m1/s1. The molecule has 1 amide bonds. The summed E-state index contributed by atoms with van der Waals surface area (Å²) in [4.78, 5) is 50.8. The van der Waals surface area contributed by atoms with Gasteiger partial charge in [0.25, 0.3) is 5.56 Å². The van der Waals surface area contributed by atoms with Crippen molar-refractivity contribution in [3.8, 4) is 5.69 Å². The summed E-state index contributed by atoms with van der Waals surface area (Å²) in [6.07, 6.45) is -1.94. The van der Waals surface area contributed by atoms with Crippen LogP contribution in [-0.4, -0.2) is 42.2 Å². The first-order valence-corrected chi connectivity index (χ1v) is 13.2. The summed E-state index contributed by atoms with van der Waals surface area (Å²) in [6, 6.07) is 14.9. The zero-order chi connectivity index (χ0) is 30.9. The van der Waals surface area contributed by atoms with Crippen LogP contribution in [0.1, 0.15) is 40.4 Å². The van der Waals surface area contributed by atoms with Gasteiger partial charge >= 0.3 is 6.18 Å². The Hall–Kier alpha value is -5.13. The number of benzene rings is 3. The Balaban J connectivity index is 1.59. The van der Waals surface area contributed by atoms with E-state index in [-0.39, 0.29) is 29.0 Å². The van der Waals surface area contributed by atoms with Gasteiger partial charge in [0.1, 0.15) is 17.3 Å². The number of para-hydroxylation sites is 1. The summed E-state index contributed by atoms with van der Waals surface area (Å²) in [5.41, 5.74) is -0.294. The topological polar surface area (TPSA) is 90.1 Å². The van der Waals surface area contributed by atoms with E-state index in [2.05, 4.69) is 9.97 Å². The lowest BCUT2D eigenvalue weighted by Gasteiger charge is -2.30. The zero-order valence-electron chi connectivity index (χ0n) is 23.0. The average Bonchev–Trinajstić information content (AvgIpc) is 3.42. The Bertz CT molecular complexity index is 1860. The number of halogens is 4. The van der Waals surface area contributed by atoms with Gasteiger partial charge in [-0.3, -0.25) is 19.0 Å². The second kappa shape index (κ2) is 11.6. The normalized spacial score (nSPS) is 12.3. The van der Waals surface area contributed by atoms with Crippen LogP contribution in [0.15, 0.2) is 90.1 Å². The predicted molar refractivity (Wildman–Crippen MR) is 150 cm³/mol. The third kappa shape index (κ3) is 6.22. The number of imidazole rings is 1. The number of hydrogen-bond donors (Lipinski definition) is 0. The molecule has 12 heteroatoms. The quantitative estimate of drug-likeness (QED) is 0.181. The molecule has 3 aromatic carbocycles. The Labute approximate surface area is 242 Å². The number of carbonyl (C=O) groups excluding carboxylic acids is 2. The molecule has 0 saturated carbocycles. The van der Waals surface area contributed by atoms with Crippen molar-refractivity contribution in [3.05, 3.63) is 124 Å². The molecule has 2 heterocycles. The van der Waals surface area contributed by atoms with Gasteiger partial charge in [0, 0.05) is 13.2 Å². The summed E-state index contributed by atoms with van der Waals surface area (Å²) in [5, 5.41) is 0.287. The van der Waals surface area contributed by atoms with Crippen molar-refractivity contribution in [1.29, 1.82) is 0 Å². The Morgan fingerprint density at radius 1 is 0.977 bits per heavy atom. The fourth-order valence-corrected chi connectivity index (χ4v) is 4.73. The molecule has 5 aromatic rings. The Morgan fingerprint density at radius 2 is 1.65 bits per heavy atom. The number of rotatable bonds is 8. The number of ketones is 1. The SMILES string of the molecule is C[C@H](c1nc2ccccc2c(=O)n1-c1ccc(F)cc1)N(CC(=O)c1cn(C)cn1)C(=O)Cc1ccc(C(F)(F)F)cc1. The third-order valence-corrected chi connectivity index (χ3v) is 6.99. The number of fused-ring (bicyclic) bond motifs is 1. The van der Waals surface area contributed by atoms with Crippen LogP contribution in [0.3, 0.4) is 0 Å². The van der Waals surface area contributed by atoms with Crippen LogP contribution in [0, 0.1) is 5.82 Å². The van der Waals surface area contributed by atoms with Crippen LogP contribution in [-0.2, 0) is 24.4 Å². The third-order valence-electron chi connectivity index (χ3n) is 6.99. The predicted octanol–water partition coefficient (Wildman–Crippen LogP) is 5.29. The lowest BCUT2D eigenvalue weighted by molar-refractivity contribution is -0.137. The summed E-state index contributed by atoms with van der Waals surface area (Å²) in [5.74, 6) is -1.51. The highest BCUT2D eigenvalue weighted by Crippen LogP contribution is 2.30. The van der Waals surface area contributed by atoms with Gasteiger partial charge in [-0.2, -0.15) is 13.2 Å². The average molecular weight is 592 g/mol. The molecule has 0 saturated heterocycles. The van der Waals surface area contributed by atoms with E-state index in [0.29, 0.717) is 11.1 Å². The van der Waals surface area contributed by atoms with Gasteiger partial charge in [-0.05, 0) is 61.0 Å². The van der Waals surface area contributed by atoms with Crippen LogP contribution in [0.25, 0.3) is 16.6 Å². The van der Waals surface area contributed by atoms with Crippen molar-refractivity contribution < 1.29 is 27.2 Å². The molecule has 0 fully saturated rings. The number of aromatic nitrogens is 4. The van der Waals surface area contributed by atoms with Gasteiger partial charge < -0.3 is 9.47 Å². The maximum atomic E-state index is 13.8. The van der Waals surface area contributed by atoms with Crippen molar-refractivity contribution in [3.63, 3.8) is 0 Å². The van der Waals surface area contributed by atoms with Gasteiger partial charge in [-0.25, -0.2) is 14.4 Å². The summed E-state index contributed by atoms with van der Waals surface area (Å²) in [7, 11) is 1.68. The highest BCUT2D eigenvalue weighted by molar-refractivity contribution is 5.98. The second-order valence-electron chi connectivity index (χ2n) is 10.0. The number of Topliss-reactive ketones (excluding diaryl/α,β-unsaturated/α-hetero) is 1. The van der Waals surface area contributed by atoms with E-state index < -0.39 is 47.4 Å².